The van der Waals surface area contributed by atoms with Crippen LogP contribution in [0.15, 0.2) is 158 Å². The van der Waals surface area contributed by atoms with Gasteiger partial charge in [0.1, 0.15) is 6.15 Å². The van der Waals surface area contributed by atoms with E-state index in [1.807, 2.05) is 6.07 Å². The molecule has 0 radical (unpaired) electrons. The van der Waals surface area contributed by atoms with Crippen LogP contribution in [0.5, 0.6) is 0 Å². The van der Waals surface area contributed by atoms with E-state index in [2.05, 4.69) is 168 Å². The summed E-state index contributed by atoms with van der Waals surface area (Å²) in [5.74, 6) is 0. The van der Waals surface area contributed by atoms with Gasteiger partial charge >= 0.3 is 0 Å². The molecule has 1 aliphatic carbocycles. The van der Waals surface area contributed by atoms with Gasteiger partial charge in [-0.15, -0.1) is 0 Å². The topological polar surface area (TPSA) is 26.0 Å². The van der Waals surface area contributed by atoms with Crippen molar-refractivity contribution in [2.45, 2.75) is 18.5 Å². The molecule has 2 nitrogen and oxygen atoms in total. The largest absolute Gasteiger partial charge is 0.381 e. The van der Waals surface area contributed by atoms with Crippen molar-refractivity contribution in [3.63, 3.8) is 0 Å². The van der Waals surface area contributed by atoms with E-state index in [1.54, 1.807) is 0 Å². The molecule has 5 aromatic carbocycles. The molecule has 2 unspecified atom stereocenters. The van der Waals surface area contributed by atoms with Crippen molar-refractivity contribution in [2.75, 3.05) is 0 Å². The minimum Gasteiger partial charge on any atom is -0.381 e. The Labute approximate surface area is 231 Å². The lowest BCUT2D eigenvalue weighted by Crippen LogP contribution is -2.74. The Morgan fingerprint density at radius 1 is 0.513 bits per heavy atom. The molecule has 1 saturated carbocycles. The van der Waals surface area contributed by atoms with Crippen LogP contribution >= 0.6 is 0 Å². The van der Waals surface area contributed by atoms with Crippen LogP contribution in [-0.4, -0.2) is 24.4 Å². The average Bonchev–Trinajstić information content (AvgIpc) is 3.81. The molecule has 190 valence electrons. The number of allylic oxidation sites excluding steroid dienone is 1. The molecule has 5 aromatic rings. The van der Waals surface area contributed by atoms with E-state index in [9.17, 15) is 0 Å². The van der Waals surface area contributed by atoms with E-state index in [0.717, 1.165) is 0 Å². The standard InChI is InChI=1S/C24H20B.C12H12N2/c1-5-13-21(14-6-1)25(22-15-7-2-8-16-22,23-17-9-3-10-18-23)24-19-11-4-12-20-24;1-2-4-9(5-3-1)10-7-13-11-6-12(11)14-8-10/h1-20H;1-5,7-8,11-13H,6H2/q-1;/p+1. The van der Waals surface area contributed by atoms with E-state index in [0.29, 0.717) is 12.1 Å². The van der Waals surface area contributed by atoms with Crippen LogP contribution in [0.2, 0.25) is 0 Å². The van der Waals surface area contributed by atoms with Crippen molar-refractivity contribution < 1.29 is 4.99 Å². The number of fused-ring (bicyclic) bond motifs is 1. The zero-order chi connectivity index (χ0) is 26.3. The maximum atomic E-state index is 3.41. The molecule has 2 atom stereocenters. The fourth-order valence-corrected chi connectivity index (χ4v) is 5.92. The second-order valence-corrected chi connectivity index (χ2v) is 10.4. The third kappa shape index (κ3) is 5.21. The van der Waals surface area contributed by atoms with Gasteiger partial charge in [0.15, 0.2) is 12.3 Å². The molecule has 3 heteroatoms. The Hall–Kier alpha value is -4.63. The molecule has 0 amide bonds. The minimum atomic E-state index is -1.22. The highest BCUT2D eigenvalue weighted by atomic mass is 15.0. The number of benzene rings is 5. The van der Waals surface area contributed by atoms with Gasteiger partial charge in [-0.3, -0.25) is 0 Å². The van der Waals surface area contributed by atoms with Crippen molar-refractivity contribution in [2.24, 2.45) is 0 Å². The lowest BCUT2D eigenvalue weighted by molar-refractivity contribution is -0.467. The number of hydrogen-bond acceptors (Lipinski definition) is 1. The Bertz CT molecular complexity index is 1370. The summed E-state index contributed by atoms with van der Waals surface area (Å²) < 4.78 is 0. The Balaban J connectivity index is 0.000000166. The van der Waals surface area contributed by atoms with Crippen molar-refractivity contribution in [1.82, 2.24) is 5.32 Å². The quantitative estimate of drug-likeness (QED) is 0.354. The average molecular weight is 504 g/mol. The highest BCUT2D eigenvalue weighted by Crippen LogP contribution is 2.19. The molecule has 39 heavy (non-hydrogen) atoms. The van der Waals surface area contributed by atoms with Gasteiger partial charge in [-0.25, -0.2) is 4.99 Å². The fraction of sp³-hybridized carbons (Fsp3) is 0.0833. The summed E-state index contributed by atoms with van der Waals surface area (Å²) in [5.41, 5.74) is 7.85. The molecule has 0 aromatic heterocycles. The van der Waals surface area contributed by atoms with E-state index < -0.39 is 6.15 Å². The van der Waals surface area contributed by atoms with Gasteiger partial charge < -0.3 is 5.32 Å². The van der Waals surface area contributed by atoms with Crippen molar-refractivity contribution >= 4 is 39.8 Å². The summed E-state index contributed by atoms with van der Waals surface area (Å²) in [7, 11) is 0. The molecule has 0 saturated heterocycles. The molecular formula is C36H33BN2. The highest BCUT2D eigenvalue weighted by molar-refractivity contribution is 7.19. The van der Waals surface area contributed by atoms with Gasteiger partial charge in [-0.1, -0.05) is 152 Å². The van der Waals surface area contributed by atoms with Crippen LogP contribution in [0.25, 0.3) is 5.57 Å². The molecule has 0 spiro atoms. The van der Waals surface area contributed by atoms with Crippen molar-refractivity contribution in [1.29, 1.82) is 0 Å². The van der Waals surface area contributed by atoms with Crippen LogP contribution < -0.4 is 32.2 Å². The second-order valence-electron chi connectivity index (χ2n) is 10.4. The van der Waals surface area contributed by atoms with Gasteiger partial charge in [-0.2, -0.15) is 21.9 Å². The third-order valence-corrected chi connectivity index (χ3v) is 8.00. The molecule has 2 N–H and O–H groups in total. The van der Waals surface area contributed by atoms with Gasteiger partial charge in [-0.05, 0) is 5.56 Å². The SMILES string of the molecule is C1=[NH+]C2CC2NC=C1c1ccccc1.c1ccc([B-](c2ccccc2)(c2ccccc2)c2ccccc2)cc1. The number of rotatable bonds is 5. The lowest BCUT2D eigenvalue weighted by Gasteiger charge is -2.44. The van der Waals surface area contributed by atoms with Crippen LogP contribution in [0.3, 0.4) is 0 Å². The summed E-state index contributed by atoms with van der Waals surface area (Å²) in [4.78, 5) is 3.41. The normalized spacial score (nSPS) is 17.4. The van der Waals surface area contributed by atoms with Gasteiger partial charge in [0, 0.05) is 12.6 Å². The summed E-state index contributed by atoms with van der Waals surface area (Å²) >= 11 is 0. The Kier molecular flexibility index (Phi) is 7.22. The fourth-order valence-electron chi connectivity index (χ4n) is 5.92. The van der Waals surface area contributed by atoms with E-state index in [4.69, 9.17) is 0 Å². The molecule has 7 rings (SSSR count). The zero-order valence-corrected chi connectivity index (χ0v) is 22.0. The lowest BCUT2D eigenvalue weighted by atomic mass is 9.13. The maximum absolute atomic E-state index is 3.41. The Morgan fingerprint density at radius 3 is 1.31 bits per heavy atom. The summed E-state index contributed by atoms with van der Waals surface area (Å²) in [5, 5.41) is 3.41. The monoisotopic (exact) mass is 504 g/mol. The first-order valence-corrected chi connectivity index (χ1v) is 13.8. The number of nitrogens with one attached hydrogen (secondary N) is 2. The zero-order valence-electron chi connectivity index (χ0n) is 22.0. The molecule has 1 heterocycles. The smallest absolute Gasteiger partial charge is 0.173 e. The van der Waals surface area contributed by atoms with Gasteiger partial charge in [0.05, 0.1) is 11.6 Å². The summed E-state index contributed by atoms with van der Waals surface area (Å²) in [6.07, 6.45) is 4.25. The second kappa shape index (κ2) is 11.4. The Morgan fingerprint density at radius 2 is 0.897 bits per heavy atom. The van der Waals surface area contributed by atoms with Crippen LogP contribution in [0.1, 0.15) is 12.0 Å². The molecule has 1 aliphatic heterocycles. The van der Waals surface area contributed by atoms with Crippen molar-refractivity contribution in [3.8, 4) is 0 Å². The van der Waals surface area contributed by atoms with Gasteiger partial charge in [0.2, 0.25) is 0 Å². The van der Waals surface area contributed by atoms with Crippen LogP contribution in [-0.2, 0) is 0 Å². The third-order valence-electron chi connectivity index (χ3n) is 8.00. The van der Waals surface area contributed by atoms with Gasteiger partial charge in [0.25, 0.3) is 0 Å². The van der Waals surface area contributed by atoms with E-state index in [1.165, 1.54) is 39.4 Å². The first kappa shape index (κ1) is 24.7. The van der Waals surface area contributed by atoms with Crippen molar-refractivity contribution in [3.05, 3.63) is 163 Å². The first-order chi connectivity index (χ1) is 19.4. The predicted molar refractivity (Wildman–Crippen MR) is 167 cm³/mol. The highest BCUT2D eigenvalue weighted by Gasteiger charge is 2.42. The van der Waals surface area contributed by atoms with Crippen LogP contribution in [0, 0.1) is 0 Å². The molecule has 1 fully saturated rings. The molecular weight excluding hydrogens is 471 g/mol. The molecule has 0 bridgehead atoms. The van der Waals surface area contributed by atoms with Crippen LogP contribution in [0.4, 0.5) is 0 Å². The first-order valence-electron chi connectivity index (χ1n) is 13.8. The number of hydrogen-bond donors (Lipinski definition) is 2. The maximum Gasteiger partial charge on any atom is 0.173 e. The van der Waals surface area contributed by atoms with E-state index >= 15 is 0 Å². The summed E-state index contributed by atoms with van der Waals surface area (Å²) in [6, 6.07) is 55.2. The predicted octanol–water partition coefficient (Wildman–Crippen LogP) is 2.99. The summed E-state index contributed by atoms with van der Waals surface area (Å²) in [6.45, 7) is 0. The minimum absolute atomic E-state index is 0.646. The van der Waals surface area contributed by atoms with E-state index in [-0.39, 0.29) is 0 Å². The molecule has 2 aliphatic rings.